The SMILES string of the molecule is c1ccc(SC[Si](CN2CCCC2)(c2ccccc2)c2ccccc2)cc1. The quantitative estimate of drug-likeness (QED) is 0.440. The van der Waals surface area contributed by atoms with Gasteiger partial charge in [0.25, 0.3) is 0 Å². The van der Waals surface area contributed by atoms with Crippen LogP contribution in [0.3, 0.4) is 0 Å². The molecule has 0 amide bonds. The van der Waals surface area contributed by atoms with Gasteiger partial charge in [-0.3, -0.25) is 0 Å². The first kappa shape index (κ1) is 18.5. The lowest BCUT2D eigenvalue weighted by Gasteiger charge is -2.36. The second-order valence-corrected chi connectivity index (χ2v) is 12.9. The molecule has 0 unspecified atom stereocenters. The fourth-order valence-electron chi connectivity index (χ4n) is 4.12. The zero-order valence-electron chi connectivity index (χ0n) is 15.8. The van der Waals surface area contributed by atoms with Crippen molar-refractivity contribution in [2.24, 2.45) is 0 Å². The van der Waals surface area contributed by atoms with E-state index in [4.69, 9.17) is 0 Å². The highest BCUT2D eigenvalue weighted by molar-refractivity contribution is 8.01. The smallest absolute Gasteiger partial charge is 0.141 e. The number of hydrogen-bond donors (Lipinski definition) is 0. The Bertz CT molecular complexity index is 777. The fraction of sp³-hybridized carbons (Fsp3) is 0.250. The third-order valence-electron chi connectivity index (χ3n) is 5.57. The first-order valence-electron chi connectivity index (χ1n) is 9.88. The summed E-state index contributed by atoms with van der Waals surface area (Å²) in [5.41, 5.74) is 0. The zero-order valence-corrected chi connectivity index (χ0v) is 17.6. The lowest BCUT2D eigenvalue weighted by atomic mass is 10.4. The third-order valence-corrected chi connectivity index (χ3v) is 12.6. The summed E-state index contributed by atoms with van der Waals surface area (Å²) in [6.45, 7) is 2.51. The van der Waals surface area contributed by atoms with Crippen LogP contribution in [0.25, 0.3) is 0 Å². The molecule has 1 saturated heterocycles. The van der Waals surface area contributed by atoms with Gasteiger partial charge in [0.1, 0.15) is 8.07 Å². The summed E-state index contributed by atoms with van der Waals surface area (Å²) in [4.78, 5) is 4.10. The van der Waals surface area contributed by atoms with E-state index in [2.05, 4.69) is 95.9 Å². The molecule has 1 heterocycles. The van der Waals surface area contributed by atoms with E-state index < -0.39 is 8.07 Å². The van der Waals surface area contributed by atoms with Gasteiger partial charge in [0, 0.05) is 16.4 Å². The molecular weight excluding hydrogens is 362 g/mol. The number of hydrogen-bond acceptors (Lipinski definition) is 2. The summed E-state index contributed by atoms with van der Waals surface area (Å²) in [5, 5.41) is 4.31. The van der Waals surface area contributed by atoms with Crippen LogP contribution < -0.4 is 10.4 Å². The summed E-state index contributed by atoms with van der Waals surface area (Å²) in [5.74, 6) is 0. The average Bonchev–Trinajstić information content (AvgIpc) is 3.26. The minimum Gasteiger partial charge on any atom is -0.305 e. The van der Waals surface area contributed by atoms with E-state index in [-0.39, 0.29) is 0 Å². The van der Waals surface area contributed by atoms with Gasteiger partial charge in [0.15, 0.2) is 0 Å². The summed E-state index contributed by atoms with van der Waals surface area (Å²) in [6, 6.07) is 33.6. The maximum absolute atomic E-state index is 2.72. The van der Waals surface area contributed by atoms with Gasteiger partial charge in [-0.15, -0.1) is 11.8 Å². The van der Waals surface area contributed by atoms with Crippen molar-refractivity contribution in [3.05, 3.63) is 91.0 Å². The van der Waals surface area contributed by atoms with E-state index in [1.165, 1.54) is 42.4 Å². The van der Waals surface area contributed by atoms with Crippen LogP contribution in [0.15, 0.2) is 95.9 Å². The van der Waals surface area contributed by atoms with Crippen molar-refractivity contribution in [3.8, 4) is 0 Å². The van der Waals surface area contributed by atoms with Gasteiger partial charge in [-0.25, -0.2) is 0 Å². The molecule has 0 radical (unpaired) electrons. The number of nitrogens with zero attached hydrogens (tertiary/aromatic N) is 1. The number of rotatable bonds is 7. The highest BCUT2D eigenvalue weighted by Gasteiger charge is 2.39. The van der Waals surface area contributed by atoms with E-state index in [0.717, 1.165) is 0 Å². The Balaban J connectivity index is 1.75. The molecule has 0 spiro atoms. The molecule has 138 valence electrons. The Kier molecular flexibility index (Phi) is 6.13. The molecular formula is C24H27NSSi. The first-order chi connectivity index (χ1) is 13.4. The van der Waals surface area contributed by atoms with Crippen LogP contribution in [-0.4, -0.2) is 37.6 Å². The third kappa shape index (κ3) is 4.37. The minimum atomic E-state index is -1.91. The summed E-state index contributed by atoms with van der Waals surface area (Å²) in [7, 11) is -1.91. The molecule has 27 heavy (non-hydrogen) atoms. The van der Waals surface area contributed by atoms with Crippen LogP contribution >= 0.6 is 11.8 Å². The topological polar surface area (TPSA) is 3.24 Å². The van der Waals surface area contributed by atoms with Crippen molar-refractivity contribution in [3.63, 3.8) is 0 Å². The Morgan fingerprint density at radius 1 is 0.667 bits per heavy atom. The lowest BCUT2D eigenvalue weighted by Crippen LogP contribution is -2.67. The molecule has 3 aromatic rings. The van der Waals surface area contributed by atoms with E-state index in [9.17, 15) is 0 Å². The first-order valence-corrected chi connectivity index (χ1v) is 13.3. The van der Waals surface area contributed by atoms with Crippen molar-refractivity contribution in [1.82, 2.24) is 4.90 Å². The van der Waals surface area contributed by atoms with Crippen LogP contribution in [0.5, 0.6) is 0 Å². The van der Waals surface area contributed by atoms with Crippen molar-refractivity contribution in [2.75, 3.05) is 24.6 Å². The molecule has 3 heteroatoms. The summed E-state index contributed by atoms with van der Waals surface area (Å²) < 4.78 is 0. The second-order valence-electron chi connectivity index (χ2n) is 7.40. The average molecular weight is 390 g/mol. The highest BCUT2D eigenvalue weighted by Crippen LogP contribution is 2.24. The van der Waals surface area contributed by atoms with Crippen molar-refractivity contribution >= 4 is 30.2 Å². The van der Waals surface area contributed by atoms with Gasteiger partial charge in [-0.1, -0.05) is 89.2 Å². The fourth-order valence-corrected chi connectivity index (χ4v) is 11.3. The predicted octanol–water partition coefficient (Wildman–Crippen LogP) is 4.22. The van der Waals surface area contributed by atoms with Crippen LogP contribution in [0.2, 0.25) is 0 Å². The van der Waals surface area contributed by atoms with Gasteiger partial charge in [0.05, 0.1) is 0 Å². The number of likely N-dealkylation sites (tertiary alicyclic amines) is 1. The molecule has 4 rings (SSSR count). The Morgan fingerprint density at radius 2 is 1.15 bits per heavy atom. The minimum absolute atomic E-state index is 1.18. The van der Waals surface area contributed by atoms with E-state index in [1.54, 1.807) is 10.4 Å². The van der Waals surface area contributed by atoms with Gasteiger partial charge in [-0.2, -0.15) is 0 Å². The van der Waals surface area contributed by atoms with Crippen LogP contribution in [-0.2, 0) is 0 Å². The number of benzene rings is 3. The van der Waals surface area contributed by atoms with Gasteiger partial charge in [0.2, 0.25) is 0 Å². The van der Waals surface area contributed by atoms with Crippen molar-refractivity contribution in [2.45, 2.75) is 17.7 Å². The van der Waals surface area contributed by atoms with Crippen LogP contribution in [0, 0.1) is 0 Å². The Morgan fingerprint density at radius 3 is 1.67 bits per heavy atom. The zero-order chi connectivity index (χ0) is 18.4. The maximum Gasteiger partial charge on any atom is 0.141 e. The molecule has 0 aromatic heterocycles. The molecule has 1 aliphatic heterocycles. The molecule has 0 aliphatic carbocycles. The lowest BCUT2D eigenvalue weighted by molar-refractivity contribution is 0.391. The molecule has 0 saturated carbocycles. The standard InChI is InChI=1S/C24H27NSSi/c1-4-12-22(13-5-1)26-21-27(20-25-18-10-11-19-25,23-14-6-2-7-15-23)24-16-8-3-9-17-24/h1-9,12-17H,10-11,18-21H2. The van der Waals surface area contributed by atoms with E-state index in [0.29, 0.717) is 0 Å². The second kappa shape index (κ2) is 8.92. The highest BCUT2D eigenvalue weighted by atomic mass is 32.2. The number of thioether (sulfide) groups is 1. The summed E-state index contributed by atoms with van der Waals surface area (Å²) in [6.07, 6.45) is 3.92. The van der Waals surface area contributed by atoms with Crippen molar-refractivity contribution < 1.29 is 0 Å². The van der Waals surface area contributed by atoms with Crippen LogP contribution in [0.4, 0.5) is 0 Å². The van der Waals surface area contributed by atoms with Crippen molar-refractivity contribution in [1.29, 1.82) is 0 Å². The molecule has 3 aromatic carbocycles. The molecule has 0 bridgehead atoms. The molecule has 0 N–H and O–H groups in total. The van der Waals surface area contributed by atoms with E-state index >= 15 is 0 Å². The molecule has 1 fully saturated rings. The maximum atomic E-state index is 2.72. The summed E-state index contributed by atoms with van der Waals surface area (Å²) >= 11 is 2.04. The Labute approximate surface area is 168 Å². The van der Waals surface area contributed by atoms with Gasteiger partial charge in [-0.05, 0) is 38.1 Å². The molecule has 1 nitrogen and oxygen atoms in total. The normalized spacial score (nSPS) is 15.1. The molecule has 1 aliphatic rings. The molecule has 0 atom stereocenters. The predicted molar refractivity (Wildman–Crippen MR) is 121 cm³/mol. The van der Waals surface area contributed by atoms with Gasteiger partial charge >= 0.3 is 0 Å². The Hall–Kier alpha value is -1.81. The van der Waals surface area contributed by atoms with Crippen LogP contribution in [0.1, 0.15) is 12.8 Å². The van der Waals surface area contributed by atoms with Gasteiger partial charge < -0.3 is 4.90 Å². The largest absolute Gasteiger partial charge is 0.305 e. The van der Waals surface area contributed by atoms with E-state index in [1.807, 2.05) is 11.8 Å². The monoisotopic (exact) mass is 389 g/mol.